The fourth-order valence-corrected chi connectivity index (χ4v) is 1.86. The lowest BCUT2D eigenvalue weighted by Crippen LogP contribution is -2.33. The topological polar surface area (TPSA) is 114 Å². The Morgan fingerprint density at radius 2 is 1.83 bits per heavy atom. The summed E-state index contributed by atoms with van der Waals surface area (Å²) in [4.78, 5) is 28.0. The van der Waals surface area contributed by atoms with Crippen molar-refractivity contribution in [3.8, 4) is 6.01 Å². The predicted octanol–water partition coefficient (Wildman–Crippen LogP) is 0.614. The molecule has 0 radical (unpaired) electrons. The van der Waals surface area contributed by atoms with Gasteiger partial charge in [0.1, 0.15) is 17.5 Å². The van der Waals surface area contributed by atoms with Crippen molar-refractivity contribution in [2.24, 2.45) is 0 Å². The molecule has 2 aromatic rings. The highest BCUT2D eigenvalue weighted by molar-refractivity contribution is 5.77. The van der Waals surface area contributed by atoms with Crippen LogP contribution in [0.15, 0.2) is 24.5 Å². The van der Waals surface area contributed by atoms with Crippen LogP contribution in [0.3, 0.4) is 0 Å². The monoisotopic (exact) mass is 331 g/mol. The molecule has 0 aliphatic heterocycles. The van der Waals surface area contributed by atoms with Gasteiger partial charge in [0.05, 0.1) is 0 Å². The molecule has 128 valence electrons. The number of aryl methyl sites for hydroxylation is 1. The summed E-state index contributed by atoms with van der Waals surface area (Å²) in [6.07, 6.45) is 3.10. The Labute approximate surface area is 140 Å². The average molecular weight is 331 g/mol. The van der Waals surface area contributed by atoms with Gasteiger partial charge < -0.3 is 20.7 Å². The van der Waals surface area contributed by atoms with Crippen LogP contribution in [0.4, 0.5) is 11.6 Å². The Morgan fingerprint density at radius 1 is 1.12 bits per heavy atom. The molecule has 0 aliphatic carbocycles. The summed E-state index contributed by atoms with van der Waals surface area (Å²) in [6.45, 7) is 5.48. The molecule has 0 bridgehead atoms. The van der Waals surface area contributed by atoms with E-state index in [-0.39, 0.29) is 18.5 Å². The molecule has 0 fully saturated rings. The number of anilines is 2. The molecule has 9 nitrogen and oxygen atoms in total. The first-order valence-corrected chi connectivity index (χ1v) is 7.67. The minimum Gasteiger partial charge on any atom is -0.453 e. The van der Waals surface area contributed by atoms with Gasteiger partial charge in [-0.05, 0) is 19.9 Å². The quantitative estimate of drug-likeness (QED) is 0.573. The molecule has 1 amide bonds. The number of carbonyl (C=O) groups excluding carboxylic acids is 1. The van der Waals surface area contributed by atoms with E-state index in [4.69, 9.17) is 4.74 Å². The first-order valence-electron chi connectivity index (χ1n) is 7.67. The van der Waals surface area contributed by atoms with Crippen molar-refractivity contribution in [3.05, 3.63) is 30.4 Å². The molecule has 0 atom stereocenters. The van der Waals surface area contributed by atoms with Crippen molar-refractivity contribution in [2.75, 3.05) is 36.9 Å². The molecule has 0 unspecified atom stereocenters. The zero-order valence-corrected chi connectivity index (χ0v) is 13.7. The Kier molecular flexibility index (Phi) is 6.69. The van der Waals surface area contributed by atoms with Gasteiger partial charge in [-0.2, -0.15) is 0 Å². The van der Waals surface area contributed by atoms with Crippen molar-refractivity contribution in [1.29, 1.82) is 0 Å². The summed E-state index contributed by atoms with van der Waals surface area (Å²) in [5.74, 6) is 1.92. The van der Waals surface area contributed by atoms with Crippen molar-refractivity contribution in [2.45, 2.75) is 13.8 Å². The fraction of sp³-hybridized carbons (Fsp3) is 0.400. The number of rotatable bonds is 9. The zero-order chi connectivity index (χ0) is 17.2. The third kappa shape index (κ3) is 6.03. The minimum absolute atomic E-state index is 0.124. The molecule has 0 saturated heterocycles. The molecule has 2 aromatic heterocycles. The number of carbonyl (C=O) groups is 1. The first-order chi connectivity index (χ1) is 11.7. The summed E-state index contributed by atoms with van der Waals surface area (Å²) in [6, 6.07) is 3.68. The third-order valence-corrected chi connectivity index (χ3v) is 2.82. The standard InChI is InChI=1S/C15H21N7O2/c1-3-16-12-9-13(22-11(2)21-12)17-7-8-18-14(23)10-24-15-19-5-4-6-20-15/h4-6,9H,3,7-8,10H2,1-2H3,(H,18,23)(H2,16,17,21,22). The van der Waals surface area contributed by atoms with Gasteiger partial charge in [-0.1, -0.05) is 0 Å². The molecule has 0 aliphatic rings. The van der Waals surface area contributed by atoms with E-state index in [2.05, 4.69) is 35.9 Å². The molecule has 9 heteroatoms. The van der Waals surface area contributed by atoms with E-state index in [1.165, 1.54) is 0 Å². The van der Waals surface area contributed by atoms with Gasteiger partial charge in [0.15, 0.2) is 6.61 Å². The Morgan fingerprint density at radius 3 is 2.54 bits per heavy atom. The average Bonchev–Trinajstić information content (AvgIpc) is 2.58. The van der Waals surface area contributed by atoms with Crippen molar-refractivity contribution >= 4 is 17.5 Å². The maximum atomic E-state index is 11.7. The molecule has 24 heavy (non-hydrogen) atoms. The molecule has 0 spiro atoms. The fourth-order valence-electron chi connectivity index (χ4n) is 1.86. The van der Waals surface area contributed by atoms with Crippen LogP contribution in [0.25, 0.3) is 0 Å². The second-order valence-corrected chi connectivity index (χ2v) is 4.81. The number of amides is 1. The number of nitrogens with one attached hydrogen (secondary N) is 3. The summed E-state index contributed by atoms with van der Waals surface area (Å²) in [5.41, 5.74) is 0. The largest absolute Gasteiger partial charge is 0.453 e. The van der Waals surface area contributed by atoms with Gasteiger partial charge in [-0.25, -0.2) is 19.9 Å². The Balaban J connectivity index is 1.68. The van der Waals surface area contributed by atoms with E-state index < -0.39 is 0 Å². The van der Waals surface area contributed by atoms with E-state index in [9.17, 15) is 4.79 Å². The van der Waals surface area contributed by atoms with Crippen molar-refractivity contribution in [1.82, 2.24) is 25.3 Å². The smallest absolute Gasteiger partial charge is 0.316 e. The highest BCUT2D eigenvalue weighted by Crippen LogP contribution is 2.10. The van der Waals surface area contributed by atoms with Crippen LogP contribution in [-0.2, 0) is 4.79 Å². The number of ether oxygens (including phenoxy) is 1. The van der Waals surface area contributed by atoms with E-state index in [0.717, 1.165) is 12.4 Å². The van der Waals surface area contributed by atoms with E-state index >= 15 is 0 Å². The lowest BCUT2D eigenvalue weighted by Gasteiger charge is -2.10. The molecular weight excluding hydrogens is 310 g/mol. The number of nitrogens with zero attached hydrogens (tertiary/aromatic N) is 4. The number of hydrogen-bond donors (Lipinski definition) is 3. The third-order valence-electron chi connectivity index (χ3n) is 2.82. The molecule has 0 saturated carbocycles. The van der Waals surface area contributed by atoms with Gasteiger partial charge in [-0.3, -0.25) is 4.79 Å². The van der Waals surface area contributed by atoms with E-state index in [1.807, 2.05) is 19.9 Å². The number of aromatic nitrogens is 4. The maximum absolute atomic E-state index is 11.7. The summed E-state index contributed by atoms with van der Waals surface area (Å²) >= 11 is 0. The van der Waals surface area contributed by atoms with Crippen molar-refractivity contribution < 1.29 is 9.53 Å². The van der Waals surface area contributed by atoms with Gasteiger partial charge in [0, 0.05) is 38.1 Å². The molecule has 2 heterocycles. The minimum atomic E-state index is -0.239. The van der Waals surface area contributed by atoms with Crippen LogP contribution >= 0.6 is 0 Å². The lowest BCUT2D eigenvalue weighted by atomic mass is 10.4. The first kappa shape index (κ1) is 17.4. The molecule has 0 aromatic carbocycles. The van der Waals surface area contributed by atoms with Crippen LogP contribution in [0.5, 0.6) is 6.01 Å². The highest BCUT2D eigenvalue weighted by Gasteiger charge is 2.04. The molecule has 2 rings (SSSR count). The summed E-state index contributed by atoms with van der Waals surface area (Å²) < 4.78 is 5.16. The maximum Gasteiger partial charge on any atom is 0.316 e. The van der Waals surface area contributed by atoms with Crippen LogP contribution in [0, 0.1) is 6.92 Å². The second-order valence-electron chi connectivity index (χ2n) is 4.81. The summed E-state index contributed by atoms with van der Waals surface area (Å²) in [7, 11) is 0. The normalized spacial score (nSPS) is 10.1. The number of hydrogen-bond acceptors (Lipinski definition) is 8. The summed E-state index contributed by atoms with van der Waals surface area (Å²) in [5, 5.41) is 9.02. The Bertz CT molecular complexity index is 652. The zero-order valence-electron chi connectivity index (χ0n) is 13.7. The van der Waals surface area contributed by atoms with E-state index in [1.54, 1.807) is 18.5 Å². The SMILES string of the molecule is CCNc1cc(NCCNC(=O)COc2ncccn2)nc(C)n1. The predicted molar refractivity (Wildman–Crippen MR) is 90.0 cm³/mol. The molecular formula is C15H21N7O2. The van der Waals surface area contributed by atoms with Gasteiger partial charge >= 0.3 is 6.01 Å². The van der Waals surface area contributed by atoms with Crippen molar-refractivity contribution in [3.63, 3.8) is 0 Å². The van der Waals surface area contributed by atoms with Crippen LogP contribution in [-0.4, -0.2) is 52.1 Å². The van der Waals surface area contributed by atoms with Gasteiger partial charge in [-0.15, -0.1) is 0 Å². The van der Waals surface area contributed by atoms with Crippen LogP contribution < -0.4 is 20.7 Å². The second kappa shape index (κ2) is 9.23. The van der Waals surface area contributed by atoms with Crippen LogP contribution in [0.1, 0.15) is 12.7 Å². The van der Waals surface area contributed by atoms with Gasteiger partial charge in [0.25, 0.3) is 5.91 Å². The highest BCUT2D eigenvalue weighted by atomic mass is 16.5. The Hall–Kier alpha value is -2.97. The van der Waals surface area contributed by atoms with Crippen LogP contribution in [0.2, 0.25) is 0 Å². The lowest BCUT2D eigenvalue weighted by molar-refractivity contribution is -0.123. The van der Waals surface area contributed by atoms with E-state index in [0.29, 0.717) is 24.7 Å². The van der Waals surface area contributed by atoms with Gasteiger partial charge in [0.2, 0.25) is 0 Å². The molecule has 3 N–H and O–H groups in total.